The van der Waals surface area contributed by atoms with Crippen molar-refractivity contribution in [1.29, 1.82) is 0 Å². The number of benzene rings is 2. The highest BCUT2D eigenvalue weighted by molar-refractivity contribution is 7.15. The second-order valence-corrected chi connectivity index (χ2v) is 7.51. The Kier molecular flexibility index (Phi) is 4.71. The Labute approximate surface area is 157 Å². The van der Waals surface area contributed by atoms with Gasteiger partial charge in [-0.3, -0.25) is 4.79 Å². The predicted molar refractivity (Wildman–Crippen MR) is 103 cm³/mol. The molecular formula is C21H20N2O2S. The lowest BCUT2D eigenvalue weighted by Crippen LogP contribution is -2.38. The summed E-state index contributed by atoms with van der Waals surface area (Å²) in [6, 6.07) is 17.9. The SMILES string of the molecule is Cc1ccc(-c2nc3c(s2)CN(C(=O)COc2ccccc2)CC3)cc1. The summed E-state index contributed by atoms with van der Waals surface area (Å²) in [5.41, 5.74) is 3.50. The van der Waals surface area contributed by atoms with Crippen molar-refractivity contribution in [2.75, 3.05) is 13.2 Å². The summed E-state index contributed by atoms with van der Waals surface area (Å²) in [7, 11) is 0. The zero-order valence-corrected chi connectivity index (χ0v) is 15.5. The lowest BCUT2D eigenvalue weighted by Gasteiger charge is -2.26. The maximum Gasteiger partial charge on any atom is 0.260 e. The van der Waals surface area contributed by atoms with Gasteiger partial charge in [-0.15, -0.1) is 11.3 Å². The molecule has 0 saturated heterocycles. The van der Waals surface area contributed by atoms with Crippen molar-refractivity contribution >= 4 is 17.2 Å². The average Bonchev–Trinajstić information content (AvgIpc) is 3.10. The summed E-state index contributed by atoms with van der Waals surface area (Å²) in [6.45, 7) is 3.47. The van der Waals surface area contributed by atoms with E-state index in [0.29, 0.717) is 13.1 Å². The van der Waals surface area contributed by atoms with Crippen molar-refractivity contribution < 1.29 is 9.53 Å². The summed E-state index contributed by atoms with van der Waals surface area (Å²) in [5, 5.41) is 1.03. The number of hydrogen-bond acceptors (Lipinski definition) is 4. The second-order valence-electron chi connectivity index (χ2n) is 6.42. The van der Waals surface area contributed by atoms with Crippen LogP contribution in [0.4, 0.5) is 0 Å². The number of rotatable bonds is 4. The number of para-hydroxylation sites is 1. The maximum atomic E-state index is 12.5. The Bertz CT molecular complexity index is 904. The number of carbonyl (C=O) groups excluding carboxylic acids is 1. The van der Waals surface area contributed by atoms with Crippen molar-refractivity contribution in [3.8, 4) is 16.3 Å². The fourth-order valence-corrected chi connectivity index (χ4v) is 4.11. The van der Waals surface area contributed by atoms with Gasteiger partial charge in [0, 0.05) is 23.4 Å². The normalized spacial score (nSPS) is 13.3. The molecule has 2 aromatic carbocycles. The lowest BCUT2D eigenvalue weighted by atomic mass is 10.1. The minimum absolute atomic E-state index is 0.0183. The minimum atomic E-state index is 0.0183. The number of nitrogens with zero attached hydrogens (tertiary/aromatic N) is 2. The van der Waals surface area contributed by atoms with Gasteiger partial charge in [0.2, 0.25) is 0 Å². The van der Waals surface area contributed by atoms with Crippen LogP contribution < -0.4 is 4.74 Å². The number of aryl methyl sites for hydroxylation is 1. The van der Waals surface area contributed by atoms with Gasteiger partial charge in [0.15, 0.2) is 6.61 Å². The fourth-order valence-electron chi connectivity index (χ4n) is 2.98. The van der Waals surface area contributed by atoms with Crippen LogP contribution in [0.5, 0.6) is 5.75 Å². The van der Waals surface area contributed by atoms with Gasteiger partial charge in [-0.2, -0.15) is 0 Å². The van der Waals surface area contributed by atoms with Crippen molar-refractivity contribution in [3.05, 3.63) is 70.7 Å². The van der Waals surface area contributed by atoms with Gasteiger partial charge < -0.3 is 9.64 Å². The molecule has 0 N–H and O–H groups in total. The molecule has 3 aromatic rings. The van der Waals surface area contributed by atoms with E-state index in [4.69, 9.17) is 9.72 Å². The van der Waals surface area contributed by atoms with Crippen LogP contribution in [0.1, 0.15) is 16.1 Å². The second kappa shape index (κ2) is 7.30. The molecule has 26 heavy (non-hydrogen) atoms. The van der Waals surface area contributed by atoms with Gasteiger partial charge in [-0.25, -0.2) is 4.98 Å². The number of thiazole rings is 1. The first-order chi connectivity index (χ1) is 12.7. The van der Waals surface area contributed by atoms with E-state index in [1.165, 1.54) is 10.4 Å². The zero-order chi connectivity index (χ0) is 17.9. The Morgan fingerprint density at radius 2 is 1.92 bits per heavy atom. The molecule has 4 nitrogen and oxygen atoms in total. The topological polar surface area (TPSA) is 42.4 Å². The van der Waals surface area contributed by atoms with Crippen LogP contribution in [0.2, 0.25) is 0 Å². The number of ether oxygens (including phenoxy) is 1. The predicted octanol–water partition coefficient (Wildman–Crippen LogP) is 4.08. The molecule has 0 unspecified atom stereocenters. The molecule has 0 fully saturated rings. The molecule has 1 aliphatic heterocycles. The summed E-state index contributed by atoms with van der Waals surface area (Å²) < 4.78 is 5.59. The number of amides is 1. The third kappa shape index (κ3) is 3.63. The van der Waals surface area contributed by atoms with Gasteiger partial charge in [0.05, 0.1) is 12.2 Å². The van der Waals surface area contributed by atoms with Crippen molar-refractivity contribution in [2.45, 2.75) is 19.9 Å². The Balaban J connectivity index is 1.42. The zero-order valence-electron chi connectivity index (χ0n) is 14.6. The minimum Gasteiger partial charge on any atom is -0.484 e. The Morgan fingerprint density at radius 3 is 2.69 bits per heavy atom. The Hall–Kier alpha value is -2.66. The molecule has 0 saturated carbocycles. The van der Waals surface area contributed by atoms with E-state index in [1.807, 2.05) is 35.2 Å². The molecule has 0 spiro atoms. The first kappa shape index (κ1) is 16.8. The van der Waals surface area contributed by atoms with Crippen LogP contribution in [0.3, 0.4) is 0 Å². The van der Waals surface area contributed by atoms with E-state index in [9.17, 15) is 4.79 Å². The molecule has 1 aliphatic rings. The third-order valence-corrected chi connectivity index (χ3v) is 5.62. The standard InChI is InChI=1S/C21H20N2O2S/c1-15-7-9-16(10-8-15)21-22-18-11-12-23(13-19(18)26-21)20(24)14-25-17-5-3-2-4-6-17/h2-10H,11-14H2,1H3. The Morgan fingerprint density at radius 1 is 1.15 bits per heavy atom. The largest absolute Gasteiger partial charge is 0.484 e. The van der Waals surface area contributed by atoms with Crippen LogP contribution in [-0.2, 0) is 17.8 Å². The molecule has 5 heteroatoms. The van der Waals surface area contributed by atoms with Crippen LogP contribution >= 0.6 is 11.3 Å². The molecule has 0 atom stereocenters. The number of aromatic nitrogens is 1. The first-order valence-corrected chi connectivity index (χ1v) is 9.52. The molecule has 132 valence electrons. The number of carbonyl (C=O) groups is 1. The van der Waals surface area contributed by atoms with E-state index in [-0.39, 0.29) is 12.5 Å². The third-order valence-electron chi connectivity index (χ3n) is 4.49. The lowest BCUT2D eigenvalue weighted by molar-refractivity contribution is -0.134. The smallest absolute Gasteiger partial charge is 0.260 e. The summed E-state index contributed by atoms with van der Waals surface area (Å²) in [5.74, 6) is 0.739. The average molecular weight is 364 g/mol. The summed E-state index contributed by atoms with van der Waals surface area (Å²) >= 11 is 1.68. The van der Waals surface area contributed by atoms with E-state index in [1.54, 1.807) is 11.3 Å². The molecule has 1 aromatic heterocycles. The molecule has 0 aliphatic carbocycles. The molecule has 4 rings (SSSR count). The molecule has 0 bridgehead atoms. The molecule has 2 heterocycles. The monoisotopic (exact) mass is 364 g/mol. The van der Waals surface area contributed by atoms with E-state index >= 15 is 0 Å². The van der Waals surface area contributed by atoms with Crippen molar-refractivity contribution in [3.63, 3.8) is 0 Å². The highest BCUT2D eigenvalue weighted by Gasteiger charge is 2.24. The van der Waals surface area contributed by atoms with Crippen LogP contribution in [0.15, 0.2) is 54.6 Å². The first-order valence-electron chi connectivity index (χ1n) is 8.70. The molecular weight excluding hydrogens is 344 g/mol. The molecule has 1 amide bonds. The van der Waals surface area contributed by atoms with Gasteiger partial charge >= 0.3 is 0 Å². The summed E-state index contributed by atoms with van der Waals surface area (Å²) in [6.07, 6.45) is 0.800. The van der Waals surface area contributed by atoms with Crippen molar-refractivity contribution in [2.24, 2.45) is 0 Å². The van der Waals surface area contributed by atoms with Gasteiger partial charge in [0.1, 0.15) is 10.8 Å². The van der Waals surface area contributed by atoms with E-state index in [2.05, 4.69) is 31.2 Å². The van der Waals surface area contributed by atoms with Crippen molar-refractivity contribution in [1.82, 2.24) is 9.88 Å². The van der Waals surface area contributed by atoms with Crippen LogP contribution in [0, 0.1) is 6.92 Å². The van der Waals surface area contributed by atoms with E-state index < -0.39 is 0 Å². The molecule has 0 radical (unpaired) electrons. The maximum absolute atomic E-state index is 12.5. The highest BCUT2D eigenvalue weighted by atomic mass is 32.1. The number of hydrogen-bond donors (Lipinski definition) is 0. The highest BCUT2D eigenvalue weighted by Crippen LogP contribution is 2.31. The fraction of sp³-hybridized carbons (Fsp3) is 0.238. The van der Waals surface area contributed by atoms with Gasteiger partial charge in [-0.05, 0) is 19.1 Å². The van der Waals surface area contributed by atoms with Crippen LogP contribution in [-0.4, -0.2) is 28.9 Å². The quantitative estimate of drug-likeness (QED) is 0.700. The van der Waals surface area contributed by atoms with Gasteiger partial charge in [-0.1, -0.05) is 48.0 Å². The summed E-state index contributed by atoms with van der Waals surface area (Å²) in [4.78, 5) is 20.3. The van der Waals surface area contributed by atoms with Crippen LogP contribution in [0.25, 0.3) is 10.6 Å². The van der Waals surface area contributed by atoms with Gasteiger partial charge in [0.25, 0.3) is 5.91 Å². The number of fused-ring (bicyclic) bond motifs is 1. The van der Waals surface area contributed by atoms with E-state index in [0.717, 1.165) is 28.4 Å².